The lowest BCUT2D eigenvalue weighted by molar-refractivity contribution is 0.394. The van der Waals surface area contributed by atoms with Crippen LogP contribution in [-0.4, -0.2) is 6.54 Å². The number of nitrogens with two attached hydrogens (primary N) is 1. The van der Waals surface area contributed by atoms with Gasteiger partial charge in [0.15, 0.2) is 0 Å². The van der Waals surface area contributed by atoms with Crippen molar-refractivity contribution < 1.29 is 0 Å². The van der Waals surface area contributed by atoms with Gasteiger partial charge in [0.2, 0.25) is 0 Å². The summed E-state index contributed by atoms with van der Waals surface area (Å²) in [6, 6.07) is 5.80. The van der Waals surface area contributed by atoms with E-state index in [1.807, 2.05) is 18.2 Å². The Hall–Kier alpha value is -0.240. The van der Waals surface area contributed by atoms with Gasteiger partial charge in [-0.3, -0.25) is 0 Å². The normalized spacial score (nSPS) is 15.0. The Labute approximate surface area is 102 Å². The molecule has 2 N–H and O–H groups in total. The van der Waals surface area contributed by atoms with Crippen LogP contribution in [0.4, 0.5) is 0 Å². The van der Waals surface area contributed by atoms with Crippen LogP contribution in [0.3, 0.4) is 0 Å². The number of benzene rings is 1. The topological polar surface area (TPSA) is 26.0 Å². The number of rotatable bonds is 4. The Morgan fingerprint density at radius 1 is 1.13 bits per heavy atom. The minimum Gasteiger partial charge on any atom is -0.330 e. The lowest BCUT2D eigenvalue weighted by Gasteiger charge is -2.18. The largest absolute Gasteiger partial charge is 0.330 e. The Kier molecular flexibility index (Phi) is 4.91. The van der Waals surface area contributed by atoms with E-state index in [2.05, 4.69) is 13.8 Å². The van der Waals surface area contributed by atoms with Crippen molar-refractivity contribution in [2.45, 2.75) is 20.3 Å². The smallest absolute Gasteiger partial charge is 0.0595 e. The maximum Gasteiger partial charge on any atom is 0.0595 e. The zero-order valence-electron chi connectivity index (χ0n) is 9.13. The molecule has 2 unspecified atom stereocenters. The van der Waals surface area contributed by atoms with Gasteiger partial charge in [-0.1, -0.05) is 43.1 Å². The van der Waals surface area contributed by atoms with Crippen molar-refractivity contribution in [1.82, 2.24) is 0 Å². The van der Waals surface area contributed by atoms with Crippen LogP contribution in [0.15, 0.2) is 18.2 Å². The molecule has 0 aromatic heterocycles. The van der Waals surface area contributed by atoms with Crippen molar-refractivity contribution in [3.63, 3.8) is 0 Å². The van der Waals surface area contributed by atoms with Gasteiger partial charge in [-0.15, -0.1) is 0 Å². The predicted octanol–water partition coefficient (Wildman–Crippen LogP) is 3.77. The maximum atomic E-state index is 5.95. The predicted molar refractivity (Wildman–Crippen MR) is 67.5 cm³/mol. The quantitative estimate of drug-likeness (QED) is 0.859. The molecule has 2 atom stereocenters. The van der Waals surface area contributed by atoms with E-state index in [-0.39, 0.29) is 0 Å². The van der Waals surface area contributed by atoms with Crippen molar-refractivity contribution in [1.29, 1.82) is 0 Å². The van der Waals surface area contributed by atoms with E-state index >= 15 is 0 Å². The van der Waals surface area contributed by atoms with Crippen LogP contribution in [0.1, 0.15) is 19.4 Å². The monoisotopic (exact) mass is 245 g/mol. The highest BCUT2D eigenvalue weighted by atomic mass is 35.5. The van der Waals surface area contributed by atoms with Gasteiger partial charge >= 0.3 is 0 Å². The van der Waals surface area contributed by atoms with Gasteiger partial charge in [0.05, 0.1) is 10.0 Å². The van der Waals surface area contributed by atoms with Crippen molar-refractivity contribution in [2.24, 2.45) is 17.6 Å². The van der Waals surface area contributed by atoms with Gasteiger partial charge < -0.3 is 5.73 Å². The number of hydrogen-bond acceptors (Lipinski definition) is 1. The molecule has 1 aromatic carbocycles. The minimum atomic E-state index is 0.527. The summed E-state index contributed by atoms with van der Waals surface area (Å²) in [6.45, 7) is 5.10. The zero-order valence-corrected chi connectivity index (χ0v) is 10.6. The van der Waals surface area contributed by atoms with E-state index in [0.29, 0.717) is 21.9 Å². The first kappa shape index (κ1) is 12.8. The molecule has 0 bridgehead atoms. The van der Waals surface area contributed by atoms with Crippen LogP contribution in [-0.2, 0) is 6.42 Å². The molecule has 3 heteroatoms. The summed E-state index contributed by atoms with van der Waals surface area (Å²) in [5, 5.41) is 1.24. The molecule has 0 aliphatic carbocycles. The molecule has 0 aliphatic rings. The molecule has 0 aliphatic heterocycles. The Morgan fingerprint density at radius 2 is 1.80 bits per heavy atom. The molecule has 1 rings (SSSR count). The van der Waals surface area contributed by atoms with Crippen LogP contribution >= 0.6 is 23.2 Å². The third kappa shape index (κ3) is 3.67. The van der Waals surface area contributed by atoms with Crippen LogP contribution in [0, 0.1) is 11.8 Å². The van der Waals surface area contributed by atoms with Gasteiger partial charge in [-0.25, -0.2) is 0 Å². The average Bonchev–Trinajstić information content (AvgIpc) is 2.22. The highest BCUT2D eigenvalue weighted by molar-refractivity contribution is 6.42. The first-order chi connectivity index (χ1) is 7.04. The van der Waals surface area contributed by atoms with Crippen LogP contribution in [0.5, 0.6) is 0 Å². The molecule has 0 amide bonds. The summed E-state index contributed by atoms with van der Waals surface area (Å²) in [7, 11) is 0. The molecule has 0 spiro atoms. The first-order valence-electron chi connectivity index (χ1n) is 5.18. The summed E-state index contributed by atoms with van der Waals surface area (Å²) in [5.74, 6) is 1.09. The SMILES string of the molecule is CC(CN)C(C)Cc1ccc(Cl)c(Cl)c1. The standard InChI is InChI=1S/C12H17Cl2N/c1-8(9(2)7-15)5-10-3-4-11(13)12(14)6-10/h3-4,6,8-9H,5,7,15H2,1-2H3. The summed E-state index contributed by atoms with van der Waals surface area (Å²) < 4.78 is 0. The fourth-order valence-electron chi connectivity index (χ4n) is 1.47. The van der Waals surface area contributed by atoms with E-state index in [1.54, 1.807) is 0 Å². The van der Waals surface area contributed by atoms with Crippen LogP contribution < -0.4 is 5.73 Å². The molecule has 1 nitrogen and oxygen atoms in total. The zero-order chi connectivity index (χ0) is 11.4. The molecule has 0 saturated carbocycles. The highest BCUT2D eigenvalue weighted by Gasteiger charge is 2.11. The fraction of sp³-hybridized carbons (Fsp3) is 0.500. The summed E-state index contributed by atoms with van der Waals surface area (Å²) >= 11 is 11.8. The second-order valence-corrected chi connectivity index (χ2v) is 4.96. The summed E-state index contributed by atoms with van der Waals surface area (Å²) in [6.07, 6.45) is 0.995. The maximum absolute atomic E-state index is 5.95. The number of halogens is 2. The lowest BCUT2D eigenvalue weighted by atomic mass is 9.90. The van der Waals surface area contributed by atoms with E-state index in [4.69, 9.17) is 28.9 Å². The third-order valence-electron chi connectivity index (χ3n) is 2.88. The first-order valence-corrected chi connectivity index (χ1v) is 5.94. The Morgan fingerprint density at radius 3 is 2.33 bits per heavy atom. The second-order valence-electron chi connectivity index (χ2n) is 4.14. The van der Waals surface area contributed by atoms with Gasteiger partial charge in [0.25, 0.3) is 0 Å². The molecule has 15 heavy (non-hydrogen) atoms. The second kappa shape index (κ2) is 5.74. The van der Waals surface area contributed by atoms with Gasteiger partial charge in [-0.05, 0) is 42.5 Å². The van der Waals surface area contributed by atoms with E-state index in [0.717, 1.165) is 13.0 Å². The van der Waals surface area contributed by atoms with Gasteiger partial charge in [0, 0.05) is 0 Å². The van der Waals surface area contributed by atoms with E-state index < -0.39 is 0 Å². The molecular formula is C12H17Cl2N. The molecule has 1 aromatic rings. The Bertz CT molecular complexity index is 325. The minimum absolute atomic E-state index is 0.527. The number of hydrogen-bond donors (Lipinski definition) is 1. The van der Waals surface area contributed by atoms with Gasteiger partial charge in [-0.2, -0.15) is 0 Å². The molecule has 0 fully saturated rings. The lowest BCUT2D eigenvalue weighted by Crippen LogP contribution is -2.20. The molecule has 0 saturated heterocycles. The van der Waals surface area contributed by atoms with Crippen LogP contribution in [0.2, 0.25) is 10.0 Å². The van der Waals surface area contributed by atoms with E-state index in [9.17, 15) is 0 Å². The van der Waals surface area contributed by atoms with Crippen molar-refractivity contribution in [3.8, 4) is 0 Å². The molecular weight excluding hydrogens is 229 g/mol. The molecule has 0 radical (unpaired) electrons. The highest BCUT2D eigenvalue weighted by Crippen LogP contribution is 2.25. The third-order valence-corrected chi connectivity index (χ3v) is 3.62. The average molecular weight is 246 g/mol. The molecule has 84 valence electrons. The molecule has 0 heterocycles. The van der Waals surface area contributed by atoms with Crippen LogP contribution in [0.25, 0.3) is 0 Å². The van der Waals surface area contributed by atoms with Crippen molar-refractivity contribution >= 4 is 23.2 Å². The fourth-order valence-corrected chi connectivity index (χ4v) is 1.79. The summed E-state index contributed by atoms with van der Waals surface area (Å²) in [5.41, 5.74) is 6.85. The Balaban J connectivity index is 2.68. The van der Waals surface area contributed by atoms with Crippen molar-refractivity contribution in [3.05, 3.63) is 33.8 Å². The van der Waals surface area contributed by atoms with Crippen molar-refractivity contribution in [2.75, 3.05) is 6.54 Å². The van der Waals surface area contributed by atoms with Gasteiger partial charge in [0.1, 0.15) is 0 Å². The summed E-state index contributed by atoms with van der Waals surface area (Å²) in [4.78, 5) is 0. The van der Waals surface area contributed by atoms with E-state index in [1.165, 1.54) is 5.56 Å².